The van der Waals surface area contributed by atoms with Gasteiger partial charge < -0.3 is 14.6 Å². The number of benzene rings is 1. The predicted octanol–water partition coefficient (Wildman–Crippen LogP) is 6.61. The number of alkyl halides is 2. The zero-order valence-corrected chi connectivity index (χ0v) is 23.8. The van der Waals surface area contributed by atoms with E-state index in [0.717, 1.165) is 89.8 Å². The first kappa shape index (κ1) is 30.4. The Labute approximate surface area is 233 Å². The Morgan fingerprint density at radius 1 is 1.14 bits per heavy atom. The highest BCUT2D eigenvalue weighted by atomic mass is 35.5. The first-order valence-corrected chi connectivity index (χ1v) is 15.0. The van der Waals surface area contributed by atoms with Crippen LogP contribution in [0.3, 0.4) is 0 Å². The molecule has 5 nitrogen and oxygen atoms in total. The van der Waals surface area contributed by atoms with E-state index in [1.165, 1.54) is 5.56 Å². The van der Waals surface area contributed by atoms with E-state index in [1.54, 1.807) is 0 Å². The van der Waals surface area contributed by atoms with Crippen molar-refractivity contribution in [2.75, 3.05) is 39.5 Å². The molecular weight excluding hydrogens is 509 g/mol. The van der Waals surface area contributed by atoms with Gasteiger partial charge >= 0.3 is 5.97 Å². The topological polar surface area (TPSA) is 59.0 Å². The molecule has 37 heavy (non-hydrogen) atoms. The fourth-order valence-electron chi connectivity index (χ4n) is 5.40. The smallest absolute Gasteiger partial charge is 0.305 e. The molecule has 5 atom stereocenters. The molecule has 208 valence electrons. The number of hydrogen-bond acceptors (Lipinski definition) is 5. The van der Waals surface area contributed by atoms with Crippen LogP contribution in [0.4, 0.5) is 0 Å². The summed E-state index contributed by atoms with van der Waals surface area (Å²) in [5, 5.41) is 10.5. The fraction of sp³-hybridized carbons (Fsp3) is 0.700. The minimum absolute atomic E-state index is 0.00783. The van der Waals surface area contributed by atoms with Gasteiger partial charge in [-0.2, -0.15) is 0 Å². The van der Waals surface area contributed by atoms with Gasteiger partial charge in [-0.3, -0.25) is 9.69 Å². The van der Waals surface area contributed by atoms with Crippen LogP contribution in [0.15, 0.2) is 36.4 Å². The van der Waals surface area contributed by atoms with Crippen molar-refractivity contribution in [3.8, 4) is 0 Å². The second kappa shape index (κ2) is 16.8. The number of hydrogen-bond donors (Lipinski definition) is 1. The van der Waals surface area contributed by atoms with Crippen LogP contribution >= 0.6 is 23.2 Å². The lowest BCUT2D eigenvalue weighted by Gasteiger charge is -2.26. The van der Waals surface area contributed by atoms with E-state index in [-0.39, 0.29) is 28.6 Å². The number of unbranched alkanes of at least 4 members (excludes halogenated alkanes) is 3. The Morgan fingerprint density at radius 2 is 1.89 bits per heavy atom. The van der Waals surface area contributed by atoms with E-state index < -0.39 is 6.10 Å². The van der Waals surface area contributed by atoms with E-state index in [2.05, 4.69) is 36.1 Å². The molecular formula is C30H45Cl2NO4. The largest absolute Gasteiger partial charge is 0.464 e. The summed E-state index contributed by atoms with van der Waals surface area (Å²) in [6.07, 6.45) is 11.8. The molecule has 1 aromatic carbocycles. The van der Waals surface area contributed by atoms with Crippen molar-refractivity contribution >= 4 is 29.2 Å². The third-order valence-electron chi connectivity index (χ3n) is 7.65. The molecule has 1 aromatic rings. The maximum atomic E-state index is 12.0. The highest BCUT2D eigenvalue weighted by Crippen LogP contribution is 2.47. The Morgan fingerprint density at radius 3 is 2.62 bits per heavy atom. The average molecular weight is 555 g/mol. The molecule has 2 aliphatic rings. The van der Waals surface area contributed by atoms with E-state index in [1.807, 2.05) is 12.1 Å². The van der Waals surface area contributed by atoms with Crippen molar-refractivity contribution < 1.29 is 19.4 Å². The van der Waals surface area contributed by atoms with Crippen molar-refractivity contribution in [1.82, 2.24) is 4.90 Å². The molecule has 1 aliphatic heterocycles. The van der Waals surface area contributed by atoms with Gasteiger partial charge in [0.25, 0.3) is 0 Å². The third kappa shape index (κ3) is 10.2. The number of aliphatic hydroxyl groups excluding tert-OH is 1. The number of carbonyl (C=O) groups excluding carboxylic acids is 1. The lowest BCUT2D eigenvalue weighted by atomic mass is 9.85. The van der Waals surface area contributed by atoms with E-state index in [0.29, 0.717) is 13.0 Å². The van der Waals surface area contributed by atoms with Gasteiger partial charge in [0.05, 0.1) is 19.3 Å². The van der Waals surface area contributed by atoms with Crippen LogP contribution in [-0.2, 0) is 14.3 Å². The van der Waals surface area contributed by atoms with Crippen LogP contribution in [0.1, 0.15) is 87.9 Å². The first-order chi connectivity index (χ1) is 18.0. The lowest BCUT2D eigenvalue weighted by Crippen LogP contribution is -2.38. The monoisotopic (exact) mass is 553 g/mol. The highest BCUT2D eigenvalue weighted by molar-refractivity contribution is 6.25. The molecule has 0 bridgehead atoms. The van der Waals surface area contributed by atoms with Crippen LogP contribution in [0, 0.1) is 5.92 Å². The van der Waals surface area contributed by atoms with Gasteiger partial charge in [0.2, 0.25) is 0 Å². The molecule has 1 unspecified atom stereocenters. The number of morpholine rings is 1. The minimum atomic E-state index is -0.405. The maximum Gasteiger partial charge on any atom is 0.305 e. The van der Waals surface area contributed by atoms with Crippen molar-refractivity contribution in [3.63, 3.8) is 0 Å². The highest BCUT2D eigenvalue weighted by Gasteiger charge is 2.41. The Kier molecular flexibility index (Phi) is 13.8. The quantitative estimate of drug-likeness (QED) is 0.114. The molecule has 0 radical (unpaired) electrons. The molecule has 1 saturated heterocycles. The van der Waals surface area contributed by atoms with Crippen molar-refractivity contribution in [2.24, 2.45) is 5.92 Å². The first-order valence-electron chi connectivity index (χ1n) is 14.2. The van der Waals surface area contributed by atoms with Gasteiger partial charge in [-0.05, 0) is 49.1 Å². The molecule has 0 aromatic heterocycles. The number of rotatable bonds is 15. The molecule has 1 saturated carbocycles. The SMILES string of the molecule is CCCCCC(O)c1ccc([C@@H]2[C@@H](C/C=C\CCCC(=O)OCCN3CCOCC3)[C@H](Cl)C[C@@H]2Cl)cc1. The van der Waals surface area contributed by atoms with Gasteiger partial charge in [0.15, 0.2) is 0 Å². The third-order valence-corrected chi connectivity index (χ3v) is 8.61. The summed E-state index contributed by atoms with van der Waals surface area (Å²) in [6, 6.07) is 8.33. The summed E-state index contributed by atoms with van der Waals surface area (Å²) < 4.78 is 10.7. The molecule has 1 aliphatic carbocycles. The number of aliphatic hydroxyl groups is 1. The average Bonchev–Trinajstić information content (AvgIpc) is 3.19. The van der Waals surface area contributed by atoms with Crippen molar-refractivity contribution in [1.29, 1.82) is 0 Å². The van der Waals surface area contributed by atoms with Crippen LogP contribution in [-0.4, -0.2) is 66.2 Å². The molecule has 2 fully saturated rings. The molecule has 0 amide bonds. The Hall–Kier alpha value is -1.11. The number of halogens is 2. The summed E-state index contributed by atoms with van der Waals surface area (Å²) in [7, 11) is 0. The standard InChI is InChI=1S/C30H45Cl2NO4/c1-2-3-6-10-28(34)23-12-14-24(15-13-23)30-25(26(31)22-27(30)32)9-7-4-5-8-11-29(35)37-21-18-33-16-19-36-20-17-33/h4,7,12-15,25-28,30,34H,2-3,5-6,8-11,16-22H2,1H3/b7-4-/t25-,26+,27-,28?,30+/m0/s1. The number of nitrogens with zero attached hydrogens (tertiary/aromatic N) is 1. The number of carbonyl (C=O) groups is 1. The molecule has 0 spiro atoms. The van der Waals surface area contributed by atoms with E-state index >= 15 is 0 Å². The molecule has 7 heteroatoms. The van der Waals surface area contributed by atoms with Crippen molar-refractivity contribution in [2.45, 2.75) is 87.5 Å². The second-order valence-electron chi connectivity index (χ2n) is 10.4. The maximum absolute atomic E-state index is 12.0. The predicted molar refractivity (Wildman–Crippen MR) is 151 cm³/mol. The number of allylic oxidation sites excluding steroid dienone is 2. The second-order valence-corrected chi connectivity index (χ2v) is 11.5. The molecule has 1 heterocycles. The minimum Gasteiger partial charge on any atom is -0.464 e. The van der Waals surface area contributed by atoms with Crippen LogP contribution in [0.2, 0.25) is 0 Å². The van der Waals surface area contributed by atoms with Gasteiger partial charge in [-0.1, -0.05) is 62.6 Å². The van der Waals surface area contributed by atoms with Crippen LogP contribution in [0.25, 0.3) is 0 Å². The molecule has 1 N–H and O–H groups in total. The summed E-state index contributed by atoms with van der Waals surface area (Å²) >= 11 is 13.5. The summed E-state index contributed by atoms with van der Waals surface area (Å²) in [6.45, 7) is 6.73. The lowest BCUT2D eigenvalue weighted by molar-refractivity contribution is -0.144. The van der Waals surface area contributed by atoms with Gasteiger partial charge in [-0.15, -0.1) is 23.2 Å². The van der Waals surface area contributed by atoms with E-state index in [9.17, 15) is 9.90 Å². The number of ether oxygens (including phenoxy) is 2. The summed E-state index contributed by atoms with van der Waals surface area (Å²) in [5.74, 6) is 0.342. The van der Waals surface area contributed by atoms with Crippen molar-refractivity contribution in [3.05, 3.63) is 47.5 Å². The summed E-state index contributed by atoms with van der Waals surface area (Å²) in [5.41, 5.74) is 2.17. The summed E-state index contributed by atoms with van der Waals surface area (Å²) in [4.78, 5) is 14.3. The fourth-order valence-corrected chi connectivity index (χ4v) is 6.46. The normalized spacial score (nSPS) is 25.5. The Bertz CT molecular complexity index is 812. The zero-order valence-electron chi connectivity index (χ0n) is 22.3. The van der Waals surface area contributed by atoms with Gasteiger partial charge in [-0.25, -0.2) is 0 Å². The zero-order chi connectivity index (χ0) is 26.5. The van der Waals surface area contributed by atoms with E-state index in [4.69, 9.17) is 32.7 Å². The van der Waals surface area contributed by atoms with Crippen LogP contribution in [0.5, 0.6) is 0 Å². The van der Waals surface area contributed by atoms with Gasteiger partial charge in [0, 0.05) is 42.7 Å². The Balaban J connectivity index is 1.38. The molecule has 3 rings (SSSR count). The number of esters is 1. The van der Waals surface area contributed by atoms with Gasteiger partial charge in [0.1, 0.15) is 6.61 Å². The van der Waals surface area contributed by atoms with Crippen LogP contribution < -0.4 is 0 Å².